The Morgan fingerprint density at radius 2 is 0.867 bits per heavy atom. The molecule has 164 valence electrons. The van der Waals surface area contributed by atoms with Crippen molar-refractivity contribution in [1.29, 1.82) is 0 Å². The first-order valence-electron chi connectivity index (χ1n) is 11.6. The molecule has 0 spiro atoms. The number of hydrogen-bond acceptors (Lipinski definition) is 0. The number of benzene rings is 3. The fraction of sp³-hybridized carbons (Fsp3) is 0.400. The molecule has 0 nitrogen and oxygen atoms in total. The first-order valence-corrected chi connectivity index (χ1v) is 11.6. The molecule has 3 aromatic carbocycles. The van der Waals surface area contributed by atoms with Crippen LogP contribution in [0.15, 0.2) is 72.8 Å². The van der Waals surface area contributed by atoms with Crippen LogP contribution in [0.5, 0.6) is 0 Å². The molecule has 0 fully saturated rings. The molecule has 0 N–H and O–H groups in total. The van der Waals surface area contributed by atoms with Crippen LogP contribution in [0.25, 0.3) is 22.3 Å². The summed E-state index contributed by atoms with van der Waals surface area (Å²) < 4.78 is 0. The zero-order valence-corrected chi connectivity index (χ0v) is 21.1. The fourth-order valence-corrected chi connectivity index (χ4v) is 2.68. The van der Waals surface area contributed by atoms with Gasteiger partial charge < -0.3 is 0 Å². The highest BCUT2D eigenvalue weighted by atomic mass is 14.1. The van der Waals surface area contributed by atoms with E-state index in [0.29, 0.717) is 5.92 Å². The molecule has 3 aromatic rings. The minimum Gasteiger partial charge on any atom is -0.0683 e. The van der Waals surface area contributed by atoms with Gasteiger partial charge in [0.05, 0.1) is 0 Å². The lowest BCUT2D eigenvalue weighted by molar-refractivity contribution is 0.737. The average molecular weight is 405 g/mol. The predicted molar refractivity (Wildman–Crippen MR) is 139 cm³/mol. The molecule has 0 heteroatoms. The summed E-state index contributed by atoms with van der Waals surface area (Å²) >= 11 is 0. The predicted octanol–water partition coefficient (Wildman–Crippen LogP) is 10.2. The summed E-state index contributed by atoms with van der Waals surface area (Å²) in [5.41, 5.74) is 7.77. The van der Waals surface area contributed by atoms with E-state index in [-0.39, 0.29) is 0 Å². The van der Waals surface area contributed by atoms with Gasteiger partial charge in [-0.1, -0.05) is 135 Å². The van der Waals surface area contributed by atoms with Gasteiger partial charge in [0.15, 0.2) is 0 Å². The second-order valence-electron chi connectivity index (χ2n) is 7.96. The summed E-state index contributed by atoms with van der Waals surface area (Å²) in [6, 6.07) is 26.4. The van der Waals surface area contributed by atoms with Crippen molar-refractivity contribution in [3.05, 3.63) is 83.9 Å². The maximum atomic E-state index is 2.27. The topological polar surface area (TPSA) is 0 Å². The van der Waals surface area contributed by atoms with E-state index in [9.17, 15) is 0 Å². The first-order chi connectivity index (χ1) is 14.4. The Bertz CT molecular complexity index is 787. The van der Waals surface area contributed by atoms with Crippen molar-refractivity contribution in [2.75, 3.05) is 0 Å². The highest BCUT2D eigenvalue weighted by molar-refractivity contribution is 5.73. The van der Waals surface area contributed by atoms with Gasteiger partial charge in [-0.15, -0.1) is 0 Å². The average Bonchev–Trinajstić information content (AvgIpc) is 2.77. The highest BCUT2D eigenvalue weighted by Gasteiger charge is 2.03. The van der Waals surface area contributed by atoms with E-state index in [2.05, 4.69) is 114 Å². The summed E-state index contributed by atoms with van der Waals surface area (Å²) in [6.45, 7) is 21.1. The lowest BCUT2D eigenvalue weighted by Crippen LogP contribution is -1.87. The molecular formula is C30H44. The van der Waals surface area contributed by atoms with Gasteiger partial charge in [-0.25, -0.2) is 0 Å². The van der Waals surface area contributed by atoms with Gasteiger partial charge in [0.25, 0.3) is 0 Å². The third kappa shape index (κ3) is 9.92. The Balaban J connectivity index is 0.000000924. The first kappa shape index (κ1) is 27.7. The normalized spacial score (nSPS) is 9.60. The van der Waals surface area contributed by atoms with E-state index in [1.165, 1.54) is 33.4 Å². The maximum Gasteiger partial charge on any atom is -0.0178 e. The van der Waals surface area contributed by atoms with Gasteiger partial charge in [-0.2, -0.15) is 0 Å². The minimum atomic E-state index is 0.577. The van der Waals surface area contributed by atoms with E-state index in [1.807, 2.05) is 27.7 Å². The fourth-order valence-electron chi connectivity index (χ4n) is 2.68. The Morgan fingerprint density at radius 1 is 0.500 bits per heavy atom. The molecule has 0 aliphatic heterocycles. The quantitative estimate of drug-likeness (QED) is 0.407. The number of hydrogen-bond donors (Lipinski definition) is 0. The van der Waals surface area contributed by atoms with Crippen molar-refractivity contribution in [3.63, 3.8) is 0 Å². The molecular weight excluding hydrogens is 360 g/mol. The molecule has 0 unspecified atom stereocenters. The minimum absolute atomic E-state index is 0.577. The summed E-state index contributed by atoms with van der Waals surface area (Å²) in [5.74, 6) is 1.41. The lowest BCUT2D eigenvalue weighted by Gasteiger charge is -2.09. The summed E-state index contributed by atoms with van der Waals surface area (Å²) in [4.78, 5) is 0. The van der Waals surface area contributed by atoms with Gasteiger partial charge in [0, 0.05) is 0 Å². The molecule has 0 saturated carbocycles. The largest absolute Gasteiger partial charge is 0.0683 e. The zero-order chi connectivity index (χ0) is 23.1. The van der Waals surface area contributed by atoms with Crippen LogP contribution < -0.4 is 0 Å². The molecule has 0 saturated heterocycles. The second-order valence-corrected chi connectivity index (χ2v) is 7.96. The van der Waals surface area contributed by atoms with Crippen LogP contribution >= 0.6 is 0 Å². The monoisotopic (exact) mass is 404 g/mol. The molecule has 0 atom stereocenters. The molecule has 0 aromatic heterocycles. The third-order valence-electron chi connectivity index (χ3n) is 4.16. The van der Waals surface area contributed by atoms with Crippen LogP contribution in [0.2, 0.25) is 0 Å². The lowest BCUT2D eigenvalue weighted by atomic mass is 9.96. The molecule has 0 bridgehead atoms. The van der Waals surface area contributed by atoms with Crippen molar-refractivity contribution in [1.82, 2.24) is 0 Å². The molecule has 0 aliphatic rings. The van der Waals surface area contributed by atoms with Gasteiger partial charge in [-0.3, -0.25) is 0 Å². The number of rotatable bonds is 3. The highest BCUT2D eigenvalue weighted by Crippen LogP contribution is 2.27. The Labute approximate surface area is 187 Å². The Kier molecular flexibility index (Phi) is 14.3. The smallest absolute Gasteiger partial charge is 0.0178 e. The van der Waals surface area contributed by atoms with Crippen LogP contribution in [0.4, 0.5) is 0 Å². The van der Waals surface area contributed by atoms with Crippen molar-refractivity contribution >= 4 is 0 Å². The van der Waals surface area contributed by atoms with Gasteiger partial charge in [-0.05, 0) is 52.6 Å². The van der Waals surface area contributed by atoms with Gasteiger partial charge in [0.2, 0.25) is 0 Å². The Hall–Kier alpha value is -2.34. The van der Waals surface area contributed by atoms with Crippen molar-refractivity contribution in [3.8, 4) is 22.3 Å². The zero-order valence-electron chi connectivity index (χ0n) is 21.1. The van der Waals surface area contributed by atoms with Crippen LogP contribution in [0, 0.1) is 12.8 Å². The summed E-state index contributed by atoms with van der Waals surface area (Å²) in [7, 11) is 0. The number of aryl methyl sites for hydroxylation is 1. The van der Waals surface area contributed by atoms with Gasteiger partial charge in [0.1, 0.15) is 0 Å². The van der Waals surface area contributed by atoms with Crippen LogP contribution in [-0.4, -0.2) is 0 Å². The van der Waals surface area contributed by atoms with Crippen LogP contribution in [0.3, 0.4) is 0 Å². The second kappa shape index (κ2) is 15.5. The maximum absolute atomic E-state index is 2.27. The van der Waals surface area contributed by atoms with Crippen LogP contribution in [-0.2, 0) is 0 Å². The van der Waals surface area contributed by atoms with E-state index < -0.39 is 0 Å². The van der Waals surface area contributed by atoms with E-state index in [1.54, 1.807) is 0 Å². The van der Waals surface area contributed by atoms with Crippen molar-refractivity contribution < 1.29 is 0 Å². The molecule has 0 radical (unpaired) electrons. The third-order valence-corrected chi connectivity index (χ3v) is 4.16. The Morgan fingerprint density at radius 3 is 1.23 bits per heavy atom. The van der Waals surface area contributed by atoms with E-state index in [0.717, 1.165) is 5.92 Å². The van der Waals surface area contributed by atoms with Crippen molar-refractivity contribution in [2.24, 2.45) is 5.92 Å². The summed E-state index contributed by atoms with van der Waals surface area (Å²) in [5, 5.41) is 0. The van der Waals surface area contributed by atoms with E-state index in [4.69, 9.17) is 0 Å². The molecule has 30 heavy (non-hydrogen) atoms. The van der Waals surface area contributed by atoms with Crippen LogP contribution in [0.1, 0.15) is 79.4 Å². The summed E-state index contributed by atoms with van der Waals surface area (Å²) in [6.07, 6.45) is 0. The SMILES string of the molecule is CC.CC.CC(C)C.Cc1ccc(-c2cccc(-c3ccc(C(C)C)cc3)c2)cc1. The molecule has 0 heterocycles. The van der Waals surface area contributed by atoms with Gasteiger partial charge >= 0.3 is 0 Å². The molecule has 0 amide bonds. The molecule has 0 aliphatic carbocycles. The van der Waals surface area contributed by atoms with Crippen molar-refractivity contribution in [2.45, 2.75) is 75.2 Å². The standard InChI is InChI=1S/C22H22.C4H10.2C2H6/c1-16(2)18-11-13-20(14-12-18)22-6-4-5-21(15-22)19-9-7-17(3)8-10-19;1-4(2)3;2*1-2/h4-16H,1-3H3;4H,1-3H3;2*1-2H3. The molecule has 3 rings (SSSR count). The van der Waals surface area contributed by atoms with E-state index >= 15 is 0 Å².